The smallest absolute Gasteiger partial charge is 0.284 e. The van der Waals surface area contributed by atoms with E-state index in [1.54, 1.807) is 6.07 Å². The molecule has 1 aromatic carbocycles. The van der Waals surface area contributed by atoms with Gasteiger partial charge in [-0.1, -0.05) is 24.4 Å². The lowest BCUT2D eigenvalue weighted by atomic mass is 10.3. The zero-order valence-electron chi connectivity index (χ0n) is 7.08. The van der Waals surface area contributed by atoms with Crippen LogP contribution >= 0.6 is 12.2 Å². The number of nitrogens with one attached hydrogen (secondary N) is 2. The lowest BCUT2D eigenvalue weighted by molar-refractivity contribution is -0.110. The average molecular weight is 213 g/mol. The zero-order valence-corrected chi connectivity index (χ0v) is 7.90. The van der Waals surface area contributed by atoms with E-state index in [1.807, 2.05) is 5.43 Å². The molecule has 0 bridgehead atoms. The number of para-hydroxylation sites is 1. The van der Waals surface area contributed by atoms with E-state index in [-0.39, 0.29) is 10.7 Å². The van der Waals surface area contributed by atoms with Gasteiger partial charge in [0.15, 0.2) is 4.99 Å². The normalized spacial score (nSPS) is 9.29. The van der Waals surface area contributed by atoms with E-state index in [0.29, 0.717) is 0 Å². The number of anilines is 1. The number of thiocarbonyl (C=S) groups is 1. The number of hydrazine groups is 1. The third-order valence-corrected chi connectivity index (χ3v) is 1.76. The van der Waals surface area contributed by atoms with Crippen LogP contribution in [-0.2, 0) is 4.79 Å². The molecule has 0 aliphatic heterocycles. The molecule has 6 heteroatoms. The van der Waals surface area contributed by atoms with Crippen molar-refractivity contribution in [3.63, 3.8) is 0 Å². The maximum Gasteiger partial charge on any atom is 0.284 e. The first-order chi connectivity index (χ1) is 6.65. The highest BCUT2D eigenvalue weighted by Crippen LogP contribution is 2.11. The maximum atomic E-state index is 13.0. The Labute approximate surface area is 85.3 Å². The summed E-state index contributed by atoms with van der Waals surface area (Å²) in [6.07, 6.45) is 0. The monoisotopic (exact) mass is 213 g/mol. The molecule has 0 spiro atoms. The number of rotatable bonds is 1. The van der Waals surface area contributed by atoms with E-state index >= 15 is 0 Å². The summed E-state index contributed by atoms with van der Waals surface area (Å²) in [4.78, 5) is 10.9. The van der Waals surface area contributed by atoms with E-state index in [2.05, 4.69) is 17.5 Å². The van der Waals surface area contributed by atoms with E-state index < -0.39 is 11.7 Å². The van der Waals surface area contributed by atoms with Crippen molar-refractivity contribution >= 4 is 28.8 Å². The van der Waals surface area contributed by atoms with Gasteiger partial charge >= 0.3 is 0 Å². The Morgan fingerprint density at radius 3 is 2.64 bits per heavy atom. The summed E-state index contributed by atoms with van der Waals surface area (Å²) < 4.78 is 13.0. The lowest BCUT2D eigenvalue weighted by Gasteiger charge is -2.05. The van der Waals surface area contributed by atoms with Crippen LogP contribution in [0, 0.1) is 5.82 Å². The Bertz CT molecular complexity index is 369. The second kappa shape index (κ2) is 4.64. The Morgan fingerprint density at radius 1 is 1.43 bits per heavy atom. The van der Waals surface area contributed by atoms with E-state index in [4.69, 9.17) is 5.84 Å². The molecule has 0 saturated heterocycles. The number of carbonyl (C=O) groups excluding carboxylic acids is 1. The van der Waals surface area contributed by atoms with Crippen molar-refractivity contribution in [1.82, 2.24) is 5.43 Å². The van der Waals surface area contributed by atoms with Gasteiger partial charge in [0, 0.05) is 0 Å². The molecule has 0 aliphatic rings. The summed E-state index contributed by atoms with van der Waals surface area (Å²) in [5.74, 6) is 3.75. The molecule has 0 unspecified atom stereocenters. The van der Waals surface area contributed by atoms with Gasteiger partial charge in [-0.05, 0) is 12.1 Å². The van der Waals surface area contributed by atoms with Crippen LogP contribution in [0.25, 0.3) is 0 Å². The van der Waals surface area contributed by atoms with Gasteiger partial charge in [0.25, 0.3) is 5.91 Å². The summed E-state index contributed by atoms with van der Waals surface area (Å²) in [7, 11) is 0. The van der Waals surface area contributed by atoms with Crippen LogP contribution in [0.2, 0.25) is 0 Å². The highest BCUT2D eigenvalue weighted by atomic mass is 32.1. The molecule has 1 rings (SSSR count). The molecule has 4 nitrogen and oxygen atoms in total. The van der Waals surface area contributed by atoms with Gasteiger partial charge in [-0.25, -0.2) is 10.2 Å². The molecule has 0 aromatic heterocycles. The van der Waals surface area contributed by atoms with Gasteiger partial charge in [0.05, 0.1) is 5.69 Å². The fraction of sp³-hybridized carbons (Fsp3) is 0. The highest BCUT2D eigenvalue weighted by Gasteiger charge is 2.09. The van der Waals surface area contributed by atoms with Crippen LogP contribution in [0.1, 0.15) is 0 Å². The predicted molar refractivity (Wildman–Crippen MR) is 55.0 cm³/mol. The number of amides is 1. The molecular formula is C8H8FN3OS. The Kier molecular flexibility index (Phi) is 3.49. The van der Waals surface area contributed by atoms with Crippen molar-refractivity contribution in [2.45, 2.75) is 0 Å². The summed E-state index contributed by atoms with van der Waals surface area (Å²) in [5, 5.41) is 2.26. The first-order valence-electron chi connectivity index (χ1n) is 3.71. The molecule has 14 heavy (non-hydrogen) atoms. The minimum atomic E-state index is -0.646. The standard InChI is InChI=1S/C8H8FN3OS/c9-5-3-1-2-4-6(5)11-7(13)8(14)12-10/h1-4H,10H2,(H,11,13)(H,12,14). The fourth-order valence-electron chi connectivity index (χ4n) is 0.807. The average Bonchev–Trinajstić information content (AvgIpc) is 2.20. The molecule has 1 aromatic rings. The SMILES string of the molecule is NNC(=S)C(=O)Nc1ccccc1F. The van der Waals surface area contributed by atoms with Crippen molar-refractivity contribution in [3.05, 3.63) is 30.1 Å². The molecule has 1 amide bonds. The van der Waals surface area contributed by atoms with E-state index in [1.165, 1.54) is 18.2 Å². The number of halogens is 1. The van der Waals surface area contributed by atoms with Gasteiger partial charge < -0.3 is 10.7 Å². The number of hydrogen-bond acceptors (Lipinski definition) is 3. The van der Waals surface area contributed by atoms with Crippen LogP contribution in [-0.4, -0.2) is 10.9 Å². The predicted octanol–water partition coefficient (Wildman–Crippen LogP) is 0.555. The minimum Gasteiger partial charge on any atom is -0.317 e. The Hall–Kier alpha value is -1.53. The van der Waals surface area contributed by atoms with Gasteiger partial charge in [0.1, 0.15) is 5.82 Å². The molecule has 0 aliphatic carbocycles. The summed E-state index contributed by atoms with van der Waals surface area (Å²) >= 11 is 4.55. The number of hydrogen-bond donors (Lipinski definition) is 3. The summed E-state index contributed by atoms with van der Waals surface area (Å²) in [6, 6.07) is 5.77. The largest absolute Gasteiger partial charge is 0.317 e. The molecule has 74 valence electrons. The second-order valence-electron chi connectivity index (χ2n) is 2.41. The first-order valence-corrected chi connectivity index (χ1v) is 4.12. The van der Waals surface area contributed by atoms with Crippen LogP contribution < -0.4 is 16.6 Å². The van der Waals surface area contributed by atoms with Crippen molar-refractivity contribution in [2.24, 2.45) is 5.84 Å². The van der Waals surface area contributed by atoms with Gasteiger partial charge in [-0.3, -0.25) is 4.79 Å². The maximum absolute atomic E-state index is 13.0. The number of nitrogens with two attached hydrogens (primary N) is 1. The van der Waals surface area contributed by atoms with Crippen molar-refractivity contribution in [3.8, 4) is 0 Å². The fourth-order valence-corrected chi connectivity index (χ4v) is 0.858. The minimum absolute atomic E-state index is 0.0649. The third-order valence-electron chi connectivity index (χ3n) is 1.46. The molecule has 0 atom stereocenters. The molecule has 4 N–H and O–H groups in total. The Morgan fingerprint density at radius 2 is 2.07 bits per heavy atom. The summed E-state index contributed by atoms with van der Waals surface area (Å²) in [5.41, 5.74) is 2.07. The Balaban J connectivity index is 2.75. The second-order valence-corrected chi connectivity index (χ2v) is 2.82. The van der Waals surface area contributed by atoms with Crippen LogP contribution in [0.5, 0.6) is 0 Å². The van der Waals surface area contributed by atoms with E-state index in [9.17, 15) is 9.18 Å². The topological polar surface area (TPSA) is 67.1 Å². The van der Waals surface area contributed by atoms with E-state index in [0.717, 1.165) is 0 Å². The molecule has 0 radical (unpaired) electrons. The molecule has 0 heterocycles. The van der Waals surface area contributed by atoms with Gasteiger partial charge in [-0.2, -0.15) is 0 Å². The van der Waals surface area contributed by atoms with Crippen LogP contribution in [0.3, 0.4) is 0 Å². The first kappa shape index (κ1) is 10.6. The van der Waals surface area contributed by atoms with Crippen molar-refractivity contribution in [1.29, 1.82) is 0 Å². The quantitative estimate of drug-likeness (QED) is 0.362. The zero-order chi connectivity index (χ0) is 10.6. The van der Waals surface area contributed by atoms with Crippen LogP contribution in [0.15, 0.2) is 24.3 Å². The third kappa shape index (κ3) is 2.48. The van der Waals surface area contributed by atoms with Crippen LogP contribution in [0.4, 0.5) is 10.1 Å². The number of benzene rings is 1. The number of carbonyl (C=O) groups is 1. The molecular weight excluding hydrogens is 205 g/mol. The lowest BCUT2D eigenvalue weighted by Crippen LogP contribution is -2.38. The highest BCUT2D eigenvalue weighted by molar-refractivity contribution is 7.82. The van der Waals surface area contributed by atoms with Gasteiger partial charge in [0.2, 0.25) is 0 Å². The molecule has 0 fully saturated rings. The van der Waals surface area contributed by atoms with Crippen molar-refractivity contribution in [2.75, 3.05) is 5.32 Å². The summed E-state index contributed by atoms with van der Waals surface area (Å²) in [6.45, 7) is 0. The van der Waals surface area contributed by atoms with Crippen molar-refractivity contribution < 1.29 is 9.18 Å². The molecule has 0 saturated carbocycles. The van der Waals surface area contributed by atoms with Gasteiger partial charge in [-0.15, -0.1) is 0 Å².